The Kier molecular flexibility index (Phi) is 4.34. The van der Waals surface area contributed by atoms with Gasteiger partial charge in [0.1, 0.15) is 5.58 Å². The summed E-state index contributed by atoms with van der Waals surface area (Å²) in [5.41, 5.74) is 1.95. The van der Waals surface area contributed by atoms with Crippen molar-refractivity contribution < 1.29 is 9.21 Å². The van der Waals surface area contributed by atoms with Crippen LogP contribution in [0.15, 0.2) is 61.5 Å². The molecule has 5 rings (SSSR count). The average Bonchev–Trinajstić information content (AvgIpc) is 3.24. The number of fused-ring (bicyclic) bond motifs is 2. The van der Waals surface area contributed by atoms with E-state index < -0.39 is 6.04 Å². The SMILES string of the molecule is Cc1csc(N2C(=O)c3oc4ccc(Cl)cc4c(=O)c3[C@@H]2c2cccc(Br)c2)n1. The molecule has 1 amide bonds. The van der Waals surface area contributed by atoms with E-state index in [2.05, 4.69) is 20.9 Å². The minimum absolute atomic E-state index is 0.0441. The zero-order chi connectivity index (χ0) is 20.3. The fourth-order valence-corrected chi connectivity index (χ4v) is 5.00. The Balaban J connectivity index is 1.84. The lowest BCUT2D eigenvalue weighted by Gasteiger charge is -2.22. The lowest BCUT2D eigenvalue weighted by atomic mass is 9.99. The van der Waals surface area contributed by atoms with E-state index in [0.717, 1.165) is 15.7 Å². The molecule has 0 bridgehead atoms. The lowest BCUT2D eigenvalue weighted by molar-refractivity contribution is 0.0971. The van der Waals surface area contributed by atoms with Crippen molar-refractivity contribution in [3.8, 4) is 0 Å². The van der Waals surface area contributed by atoms with E-state index >= 15 is 0 Å². The number of aryl methyl sites for hydroxylation is 1. The third kappa shape index (κ3) is 2.92. The molecule has 0 spiro atoms. The third-order valence-corrected chi connectivity index (χ3v) is 6.50. The Labute approximate surface area is 182 Å². The molecule has 0 fully saturated rings. The monoisotopic (exact) mass is 486 g/mol. The summed E-state index contributed by atoms with van der Waals surface area (Å²) in [4.78, 5) is 32.8. The molecule has 3 heterocycles. The first-order valence-corrected chi connectivity index (χ1v) is 10.8. The minimum Gasteiger partial charge on any atom is -0.450 e. The Morgan fingerprint density at radius 1 is 1.21 bits per heavy atom. The number of nitrogens with zero attached hydrogens (tertiary/aromatic N) is 2. The van der Waals surface area contributed by atoms with Gasteiger partial charge < -0.3 is 4.42 Å². The number of thiazole rings is 1. The van der Waals surface area contributed by atoms with Crippen LogP contribution >= 0.6 is 38.9 Å². The van der Waals surface area contributed by atoms with Gasteiger partial charge in [-0.2, -0.15) is 0 Å². The number of amides is 1. The first-order valence-electron chi connectivity index (χ1n) is 8.71. The largest absolute Gasteiger partial charge is 0.450 e. The first kappa shape index (κ1) is 18.5. The highest BCUT2D eigenvalue weighted by Gasteiger charge is 2.44. The molecule has 0 unspecified atom stereocenters. The van der Waals surface area contributed by atoms with Gasteiger partial charge in [-0.05, 0) is 42.8 Å². The maximum Gasteiger partial charge on any atom is 0.297 e. The van der Waals surface area contributed by atoms with Gasteiger partial charge in [-0.3, -0.25) is 14.5 Å². The Hall–Kier alpha value is -2.48. The van der Waals surface area contributed by atoms with Gasteiger partial charge in [0.15, 0.2) is 10.6 Å². The van der Waals surface area contributed by atoms with Crippen LogP contribution in [0.4, 0.5) is 5.13 Å². The highest BCUT2D eigenvalue weighted by molar-refractivity contribution is 9.10. The highest BCUT2D eigenvalue weighted by Crippen LogP contribution is 2.42. The fourth-order valence-electron chi connectivity index (χ4n) is 3.59. The number of hydrogen-bond acceptors (Lipinski definition) is 5. The van der Waals surface area contributed by atoms with Crippen molar-refractivity contribution in [2.45, 2.75) is 13.0 Å². The highest BCUT2D eigenvalue weighted by atomic mass is 79.9. The predicted octanol–water partition coefficient (Wildman–Crippen LogP) is 5.72. The number of aromatic nitrogens is 1. The average molecular weight is 488 g/mol. The summed E-state index contributed by atoms with van der Waals surface area (Å²) in [5.74, 6) is -0.337. The molecule has 1 atom stereocenters. The normalized spacial score (nSPS) is 15.9. The van der Waals surface area contributed by atoms with E-state index in [1.807, 2.05) is 36.6 Å². The Morgan fingerprint density at radius 3 is 2.76 bits per heavy atom. The molecule has 1 aliphatic heterocycles. The summed E-state index contributed by atoms with van der Waals surface area (Å²) in [6, 6.07) is 11.7. The number of anilines is 1. The van der Waals surface area contributed by atoms with Gasteiger partial charge >= 0.3 is 0 Å². The third-order valence-electron chi connectivity index (χ3n) is 4.81. The molecule has 5 nitrogen and oxygen atoms in total. The molecule has 8 heteroatoms. The molecule has 0 saturated carbocycles. The number of halogens is 2. The maximum absolute atomic E-state index is 13.4. The molecule has 144 valence electrons. The fraction of sp³-hybridized carbons (Fsp3) is 0.0952. The van der Waals surface area contributed by atoms with E-state index in [9.17, 15) is 9.59 Å². The number of carbonyl (C=O) groups excluding carboxylic acids is 1. The molecule has 0 saturated heterocycles. The Bertz CT molecular complexity index is 1360. The van der Waals surface area contributed by atoms with Crippen LogP contribution in [-0.2, 0) is 0 Å². The van der Waals surface area contributed by atoms with Crippen molar-refractivity contribution in [3.63, 3.8) is 0 Å². The summed E-state index contributed by atoms with van der Waals surface area (Å²) < 4.78 is 6.75. The van der Waals surface area contributed by atoms with Crippen LogP contribution in [-0.4, -0.2) is 10.9 Å². The van der Waals surface area contributed by atoms with E-state index in [1.54, 1.807) is 18.2 Å². The zero-order valence-corrected chi connectivity index (χ0v) is 18.1. The maximum atomic E-state index is 13.4. The second-order valence-corrected chi connectivity index (χ2v) is 8.91. The Morgan fingerprint density at radius 2 is 2.03 bits per heavy atom. The van der Waals surface area contributed by atoms with Gasteiger partial charge in [0.05, 0.1) is 22.7 Å². The summed E-state index contributed by atoms with van der Waals surface area (Å²) in [6.07, 6.45) is 0. The van der Waals surface area contributed by atoms with E-state index in [1.165, 1.54) is 16.2 Å². The molecule has 1 aliphatic rings. The van der Waals surface area contributed by atoms with Crippen LogP contribution in [0.25, 0.3) is 11.0 Å². The molecule has 0 radical (unpaired) electrons. The van der Waals surface area contributed by atoms with E-state index in [-0.39, 0.29) is 17.1 Å². The molecule has 29 heavy (non-hydrogen) atoms. The van der Waals surface area contributed by atoms with Crippen molar-refractivity contribution >= 4 is 60.9 Å². The van der Waals surface area contributed by atoms with Crippen molar-refractivity contribution in [2.75, 3.05) is 4.90 Å². The van der Waals surface area contributed by atoms with Crippen LogP contribution in [0, 0.1) is 6.92 Å². The number of hydrogen-bond donors (Lipinski definition) is 0. The van der Waals surface area contributed by atoms with Gasteiger partial charge in [0.25, 0.3) is 5.91 Å². The van der Waals surface area contributed by atoms with Crippen LogP contribution in [0.3, 0.4) is 0 Å². The smallest absolute Gasteiger partial charge is 0.297 e. The van der Waals surface area contributed by atoms with Crippen molar-refractivity contribution in [2.24, 2.45) is 0 Å². The van der Waals surface area contributed by atoms with Crippen molar-refractivity contribution in [3.05, 3.63) is 90.1 Å². The molecular formula is C21H12BrClN2O3S. The summed E-state index contributed by atoms with van der Waals surface area (Å²) in [7, 11) is 0. The minimum atomic E-state index is -0.639. The second-order valence-electron chi connectivity index (χ2n) is 6.72. The molecular weight excluding hydrogens is 476 g/mol. The van der Waals surface area contributed by atoms with Crippen LogP contribution in [0.2, 0.25) is 5.02 Å². The summed E-state index contributed by atoms with van der Waals surface area (Å²) >= 11 is 10.9. The van der Waals surface area contributed by atoms with Crippen molar-refractivity contribution in [1.82, 2.24) is 4.98 Å². The van der Waals surface area contributed by atoms with Crippen molar-refractivity contribution in [1.29, 1.82) is 0 Å². The predicted molar refractivity (Wildman–Crippen MR) is 117 cm³/mol. The quantitative estimate of drug-likeness (QED) is 0.362. The van der Waals surface area contributed by atoms with Crippen LogP contribution in [0.5, 0.6) is 0 Å². The lowest BCUT2D eigenvalue weighted by Crippen LogP contribution is -2.29. The molecule has 4 aromatic rings. The van der Waals surface area contributed by atoms with Gasteiger partial charge in [-0.15, -0.1) is 11.3 Å². The van der Waals surface area contributed by atoms with Gasteiger partial charge in [0, 0.05) is 14.9 Å². The van der Waals surface area contributed by atoms with E-state index in [4.69, 9.17) is 16.0 Å². The molecule has 2 aromatic heterocycles. The number of carbonyl (C=O) groups is 1. The number of rotatable bonds is 2. The zero-order valence-electron chi connectivity index (χ0n) is 15.0. The van der Waals surface area contributed by atoms with Gasteiger partial charge in [-0.1, -0.05) is 39.7 Å². The van der Waals surface area contributed by atoms with Crippen LogP contribution < -0.4 is 10.3 Å². The second kappa shape index (κ2) is 6.79. The standard InChI is InChI=1S/C21H12BrClN2O3S/c1-10-9-29-21(24-10)25-17(11-3-2-4-12(22)7-11)16-18(26)14-8-13(23)5-6-15(14)28-19(16)20(25)27/h2-9,17H,1H3/t17-/m0/s1. The molecule has 2 aromatic carbocycles. The first-order chi connectivity index (χ1) is 13.9. The van der Waals surface area contributed by atoms with Gasteiger partial charge in [-0.25, -0.2) is 4.98 Å². The van der Waals surface area contributed by atoms with E-state index in [0.29, 0.717) is 26.7 Å². The molecule has 0 N–H and O–H groups in total. The summed E-state index contributed by atoms with van der Waals surface area (Å²) in [6.45, 7) is 1.86. The van der Waals surface area contributed by atoms with Gasteiger partial charge in [0.2, 0.25) is 5.76 Å². The number of benzene rings is 2. The topological polar surface area (TPSA) is 63.4 Å². The summed E-state index contributed by atoms with van der Waals surface area (Å²) in [5, 5.41) is 3.17. The van der Waals surface area contributed by atoms with Crippen LogP contribution in [0.1, 0.15) is 33.4 Å². The molecule has 0 aliphatic carbocycles.